The van der Waals surface area contributed by atoms with Crippen LogP contribution in [0.25, 0.3) is 0 Å². The van der Waals surface area contributed by atoms with Crippen molar-refractivity contribution in [1.29, 1.82) is 0 Å². The fraction of sp³-hybridized carbons (Fsp3) is 0.143. The van der Waals surface area contributed by atoms with Crippen LogP contribution in [0.15, 0.2) is 42.6 Å². The third-order valence-corrected chi connectivity index (χ3v) is 2.65. The quantitative estimate of drug-likeness (QED) is 0.862. The Hall–Kier alpha value is -2.43. The monoisotopic (exact) mass is 259 g/mol. The van der Waals surface area contributed by atoms with Gasteiger partial charge in [-0.3, -0.25) is 4.79 Å². The molecule has 0 aliphatic heterocycles. The first kappa shape index (κ1) is 13.0. The lowest BCUT2D eigenvalue weighted by atomic mass is 10.1. The van der Waals surface area contributed by atoms with Gasteiger partial charge in [-0.25, -0.2) is 9.37 Å². The van der Waals surface area contributed by atoms with E-state index in [1.54, 1.807) is 18.2 Å². The van der Waals surface area contributed by atoms with E-state index in [1.165, 1.54) is 18.3 Å². The number of amides is 1. The van der Waals surface area contributed by atoms with E-state index in [2.05, 4.69) is 10.3 Å². The summed E-state index contributed by atoms with van der Waals surface area (Å²) < 4.78 is 13.0. The van der Waals surface area contributed by atoms with Crippen LogP contribution in [0.5, 0.6) is 0 Å². The Morgan fingerprint density at radius 3 is 2.89 bits per heavy atom. The number of rotatable bonds is 5. The number of nitrogens with zero attached hydrogens (tertiary/aromatic N) is 1. The van der Waals surface area contributed by atoms with Crippen molar-refractivity contribution in [2.75, 3.05) is 11.9 Å². The van der Waals surface area contributed by atoms with Gasteiger partial charge in [0.1, 0.15) is 11.6 Å². The van der Waals surface area contributed by atoms with Gasteiger partial charge in [0, 0.05) is 18.3 Å². The molecule has 4 nitrogen and oxygen atoms in total. The Kier molecular flexibility index (Phi) is 4.07. The molecule has 0 unspecified atom stereocenters. The highest BCUT2D eigenvalue weighted by Gasteiger charge is 2.02. The second kappa shape index (κ2) is 5.95. The molecule has 0 saturated carbocycles. The molecular formula is C14H14FN3O. The molecule has 0 saturated heterocycles. The summed E-state index contributed by atoms with van der Waals surface area (Å²) >= 11 is 0. The van der Waals surface area contributed by atoms with E-state index in [1.807, 2.05) is 6.07 Å². The van der Waals surface area contributed by atoms with Gasteiger partial charge in [0.05, 0.1) is 0 Å². The van der Waals surface area contributed by atoms with Crippen molar-refractivity contribution in [1.82, 2.24) is 4.98 Å². The predicted molar refractivity (Wildman–Crippen MR) is 71.3 cm³/mol. The first-order valence-corrected chi connectivity index (χ1v) is 5.89. The smallest absolute Gasteiger partial charge is 0.248 e. The van der Waals surface area contributed by atoms with E-state index in [0.29, 0.717) is 24.3 Å². The second-order valence-corrected chi connectivity index (χ2v) is 4.10. The van der Waals surface area contributed by atoms with E-state index in [-0.39, 0.29) is 5.82 Å². The SMILES string of the molecule is NC(=O)c1ccnc(NCCc2cccc(F)c2)c1. The molecule has 0 spiro atoms. The molecule has 2 rings (SSSR count). The zero-order valence-electron chi connectivity index (χ0n) is 10.3. The number of benzene rings is 1. The number of carbonyl (C=O) groups excluding carboxylic acids is 1. The lowest BCUT2D eigenvalue weighted by Crippen LogP contribution is -2.12. The zero-order valence-corrected chi connectivity index (χ0v) is 10.3. The summed E-state index contributed by atoms with van der Waals surface area (Å²) in [5.41, 5.74) is 6.49. The molecule has 2 aromatic rings. The summed E-state index contributed by atoms with van der Waals surface area (Å²) in [6.07, 6.45) is 2.19. The van der Waals surface area contributed by atoms with E-state index >= 15 is 0 Å². The minimum absolute atomic E-state index is 0.244. The topological polar surface area (TPSA) is 68.0 Å². The molecule has 0 atom stereocenters. The Morgan fingerprint density at radius 2 is 2.16 bits per heavy atom. The van der Waals surface area contributed by atoms with Gasteiger partial charge < -0.3 is 11.1 Å². The largest absolute Gasteiger partial charge is 0.370 e. The number of pyridine rings is 1. The van der Waals surface area contributed by atoms with Crippen LogP contribution in [0.3, 0.4) is 0 Å². The number of anilines is 1. The molecule has 0 fully saturated rings. The van der Waals surface area contributed by atoms with Crippen LogP contribution in [0.2, 0.25) is 0 Å². The van der Waals surface area contributed by atoms with Crippen molar-refractivity contribution < 1.29 is 9.18 Å². The van der Waals surface area contributed by atoms with E-state index < -0.39 is 5.91 Å². The number of hydrogen-bond acceptors (Lipinski definition) is 3. The highest BCUT2D eigenvalue weighted by molar-refractivity contribution is 5.93. The van der Waals surface area contributed by atoms with Gasteiger partial charge in [-0.2, -0.15) is 0 Å². The summed E-state index contributed by atoms with van der Waals surface area (Å²) in [5, 5.41) is 3.07. The molecule has 19 heavy (non-hydrogen) atoms. The molecule has 0 radical (unpaired) electrons. The van der Waals surface area contributed by atoms with Crippen LogP contribution in [-0.2, 0) is 6.42 Å². The molecule has 3 N–H and O–H groups in total. The van der Waals surface area contributed by atoms with Crippen LogP contribution in [0.4, 0.5) is 10.2 Å². The molecule has 1 aromatic carbocycles. The Morgan fingerprint density at radius 1 is 1.32 bits per heavy atom. The third-order valence-electron chi connectivity index (χ3n) is 2.65. The van der Waals surface area contributed by atoms with Crippen LogP contribution < -0.4 is 11.1 Å². The van der Waals surface area contributed by atoms with Crippen LogP contribution in [0, 0.1) is 5.82 Å². The summed E-state index contributed by atoms with van der Waals surface area (Å²) in [4.78, 5) is 15.1. The second-order valence-electron chi connectivity index (χ2n) is 4.10. The number of primary amides is 1. The number of carbonyl (C=O) groups is 1. The molecule has 0 aliphatic rings. The lowest BCUT2D eigenvalue weighted by Gasteiger charge is -2.06. The average Bonchev–Trinajstić information content (AvgIpc) is 2.39. The number of nitrogens with one attached hydrogen (secondary N) is 1. The van der Waals surface area contributed by atoms with Gasteiger partial charge in [0.15, 0.2) is 0 Å². The van der Waals surface area contributed by atoms with Crippen LogP contribution in [-0.4, -0.2) is 17.4 Å². The van der Waals surface area contributed by atoms with Crippen molar-refractivity contribution in [2.45, 2.75) is 6.42 Å². The number of hydrogen-bond donors (Lipinski definition) is 2. The Balaban J connectivity index is 1.92. The molecule has 98 valence electrons. The van der Waals surface area contributed by atoms with Crippen LogP contribution >= 0.6 is 0 Å². The fourth-order valence-corrected chi connectivity index (χ4v) is 1.71. The molecule has 0 bridgehead atoms. The van der Waals surface area contributed by atoms with Gasteiger partial charge in [-0.15, -0.1) is 0 Å². The summed E-state index contributed by atoms with van der Waals surface area (Å²) in [7, 11) is 0. The Bertz CT molecular complexity index is 586. The summed E-state index contributed by atoms with van der Waals surface area (Å²) in [5.74, 6) is -0.158. The number of halogens is 1. The van der Waals surface area contributed by atoms with Gasteiger partial charge in [0.25, 0.3) is 0 Å². The standard InChI is InChI=1S/C14H14FN3O/c15-12-3-1-2-10(8-12)4-6-17-13-9-11(14(16)19)5-7-18-13/h1-3,5,7-9H,4,6H2,(H2,16,19)(H,17,18). The zero-order chi connectivity index (χ0) is 13.7. The minimum atomic E-state index is -0.490. The van der Waals surface area contributed by atoms with E-state index in [9.17, 15) is 9.18 Å². The first-order chi connectivity index (χ1) is 9.15. The number of aromatic nitrogens is 1. The molecular weight excluding hydrogens is 245 g/mol. The first-order valence-electron chi connectivity index (χ1n) is 5.89. The normalized spacial score (nSPS) is 10.2. The van der Waals surface area contributed by atoms with Gasteiger partial charge in [0.2, 0.25) is 5.91 Å². The Labute approximate surface area is 110 Å². The van der Waals surface area contributed by atoms with E-state index in [0.717, 1.165) is 5.56 Å². The van der Waals surface area contributed by atoms with Crippen molar-refractivity contribution >= 4 is 11.7 Å². The van der Waals surface area contributed by atoms with Crippen molar-refractivity contribution in [3.63, 3.8) is 0 Å². The molecule has 5 heteroatoms. The molecule has 1 amide bonds. The van der Waals surface area contributed by atoms with E-state index in [4.69, 9.17) is 5.73 Å². The molecule has 1 aromatic heterocycles. The lowest BCUT2D eigenvalue weighted by molar-refractivity contribution is 0.1000. The maximum atomic E-state index is 13.0. The highest BCUT2D eigenvalue weighted by Crippen LogP contribution is 2.08. The third kappa shape index (κ3) is 3.77. The molecule has 0 aliphatic carbocycles. The number of nitrogens with two attached hydrogens (primary N) is 1. The summed E-state index contributed by atoms with van der Waals surface area (Å²) in [6, 6.07) is 9.59. The van der Waals surface area contributed by atoms with Crippen LogP contribution in [0.1, 0.15) is 15.9 Å². The maximum absolute atomic E-state index is 13.0. The predicted octanol–water partition coefficient (Wildman–Crippen LogP) is 1.97. The maximum Gasteiger partial charge on any atom is 0.248 e. The van der Waals surface area contributed by atoms with Gasteiger partial charge >= 0.3 is 0 Å². The van der Waals surface area contributed by atoms with Gasteiger partial charge in [-0.05, 0) is 36.2 Å². The summed E-state index contributed by atoms with van der Waals surface area (Å²) in [6.45, 7) is 0.596. The van der Waals surface area contributed by atoms with Crippen molar-refractivity contribution in [3.05, 3.63) is 59.5 Å². The highest BCUT2D eigenvalue weighted by atomic mass is 19.1. The average molecular weight is 259 g/mol. The fourth-order valence-electron chi connectivity index (χ4n) is 1.71. The minimum Gasteiger partial charge on any atom is -0.370 e. The van der Waals surface area contributed by atoms with Crippen molar-refractivity contribution in [2.24, 2.45) is 5.73 Å². The van der Waals surface area contributed by atoms with Gasteiger partial charge in [-0.1, -0.05) is 12.1 Å². The molecule has 1 heterocycles. The van der Waals surface area contributed by atoms with Crippen molar-refractivity contribution in [3.8, 4) is 0 Å².